The Kier molecular flexibility index (Phi) is 6.58. The Morgan fingerprint density at radius 2 is 1.51 bits per heavy atom. The van der Waals surface area contributed by atoms with E-state index in [1.165, 1.54) is 12.0 Å². The van der Waals surface area contributed by atoms with Crippen LogP contribution in [0.3, 0.4) is 0 Å². The van der Waals surface area contributed by atoms with E-state index in [0.29, 0.717) is 32.6 Å². The van der Waals surface area contributed by atoms with E-state index in [0.717, 1.165) is 10.8 Å². The van der Waals surface area contributed by atoms with Gasteiger partial charge in [-0.15, -0.1) is 0 Å². The highest BCUT2D eigenvalue weighted by Crippen LogP contribution is 2.47. The molecular formula is C35H25BrN2O5. The molecule has 0 N–H and O–H groups in total. The summed E-state index contributed by atoms with van der Waals surface area (Å²) in [6, 6.07) is 25.5. The van der Waals surface area contributed by atoms with Gasteiger partial charge in [0.1, 0.15) is 11.8 Å². The Morgan fingerprint density at radius 3 is 2.26 bits per heavy atom. The molecule has 8 heteroatoms. The maximum Gasteiger partial charge on any atom is 0.240 e. The number of methoxy groups -OCH3 is 1. The van der Waals surface area contributed by atoms with Crippen LogP contribution in [-0.2, 0) is 9.59 Å². The third-order valence-electron chi connectivity index (χ3n) is 8.54. The molecule has 2 amide bonds. The average molecular weight is 633 g/mol. The zero-order valence-electron chi connectivity index (χ0n) is 23.0. The molecule has 2 saturated heterocycles. The van der Waals surface area contributed by atoms with Crippen LogP contribution in [0.5, 0.6) is 5.75 Å². The molecule has 3 aliphatic rings. The first kappa shape index (κ1) is 27.0. The van der Waals surface area contributed by atoms with Crippen molar-refractivity contribution >= 4 is 55.8 Å². The second-order valence-corrected chi connectivity index (χ2v) is 11.7. The molecule has 4 aromatic rings. The summed E-state index contributed by atoms with van der Waals surface area (Å²) in [4.78, 5) is 59.0. The lowest BCUT2D eigenvalue weighted by molar-refractivity contribution is -0.123. The molecule has 7 nitrogen and oxygen atoms in total. The molecule has 0 radical (unpaired) electrons. The van der Waals surface area contributed by atoms with E-state index in [2.05, 4.69) is 15.9 Å². The minimum atomic E-state index is -0.946. The summed E-state index contributed by atoms with van der Waals surface area (Å²) in [5.74, 6) is -2.52. The molecule has 0 aromatic heterocycles. The van der Waals surface area contributed by atoms with Crippen LogP contribution in [0.2, 0.25) is 0 Å². The predicted molar refractivity (Wildman–Crippen MR) is 166 cm³/mol. The lowest BCUT2D eigenvalue weighted by Gasteiger charge is -2.33. The lowest BCUT2D eigenvalue weighted by Crippen LogP contribution is -2.46. The molecule has 212 valence electrons. The number of amides is 2. The Labute approximate surface area is 256 Å². The number of hydrogen-bond donors (Lipinski definition) is 0. The number of allylic oxidation sites excluding steroid dienone is 2. The fraction of sp³-hybridized carbons (Fsp3) is 0.143. The van der Waals surface area contributed by atoms with Gasteiger partial charge in [0.05, 0.1) is 35.1 Å². The third-order valence-corrected chi connectivity index (χ3v) is 9.16. The fourth-order valence-corrected chi connectivity index (χ4v) is 7.06. The molecule has 4 aromatic carbocycles. The normalized spacial score (nSPS) is 22.4. The number of benzene rings is 4. The van der Waals surface area contributed by atoms with Crippen molar-refractivity contribution in [2.24, 2.45) is 11.8 Å². The molecule has 0 unspecified atom stereocenters. The van der Waals surface area contributed by atoms with Crippen molar-refractivity contribution in [1.82, 2.24) is 4.90 Å². The quantitative estimate of drug-likeness (QED) is 0.192. The van der Waals surface area contributed by atoms with E-state index >= 15 is 0 Å². The van der Waals surface area contributed by atoms with Crippen LogP contribution in [0.15, 0.2) is 119 Å². The molecule has 0 spiro atoms. The van der Waals surface area contributed by atoms with Crippen molar-refractivity contribution in [3.63, 3.8) is 0 Å². The van der Waals surface area contributed by atoms with E-state index < -0.39 is 29.8 Å². The van der Waals surface area contributed by atoms with Crippen molar-refractivity contribution in [3.8, 4) is 5.75 Å². The SMILES string of the molecule is COc1ccc(C(=O)[C@@H]2[C@@H]3C(=O)N(c4ccc5ccccc5c4)C(=O)[C@@H]3[C@@H]3C=C(C(=O)c4ccccc4)C=CN23)cc1Br. The molecule has 2 fully saturated rings. The first-order valence-corrected chi connectivity index (χ1v) is 14.7. The van der Waals surface area contributed by atoms with Crippen LogP contribution >= 0.6 is 15.9 Å². The Hall–Kier alpha value is -4.82. The van der Waals surface area contributed by atoms with Gasteiger partial charge in [-0.25, -0.2) is 4.90 Å². The zero-order valence-corrected chi connectivity index (χ0v) is 24.6. The number of hydrogen-bond acceptors (Lipinski definition) is 6. The van der Waals surface area contributed by atoms with Crippen molar-refractivity contribution in [1.29, 1.82) is 0 Å². The van der Waals surface area contributed by atoms with Gasteiger partial charge in [0.2, 0.25) is 11.8 Å². The van der Waals surface area contributed by atoms with E-state index in [9.17, 15) is 19.2 Å². The fourth-order valence-electron chi connectivity index (χ4n) is 6.51. The Bertz CT molecular complexity index is 1900. The zero-order chi connectivity index (χ0) is 29.8. The smallest absolute Gasteiger partial charge is 0.240 e. The topological polar surface area (TPSA) is 84.0 Å². The van der Waals surface area contributed by atoms with Crippen molar-refractivity contribution in [3.05, 3.63) is 131 Å². The number of fused-ring (bicyclic) bond motifs is 4. The summed E-state index contributed by atoms with van der Waals surface area (Å²) in [6.07, 6.45) is 5.08. The number of imide groups is 1. The van der Waals surface area contributed by atoms with Crippen molar-refractivity contribution in [2.75, 3.05) is 12.0 Å². The molecule has 3 aliphatic heterocycles. The molecule has 0 bridgehead atoms. The number of ether oxygens (including phenoxy) is 1. The van der Waals surface area contributed by atoms with Crippen LogP contribution in [0.25, 0.3) is 10.8 Å². The summed E-state index contributed by atoms with van der Waals surface area (Å²) in [6.45, 7) is 0. The average Bonchev–Trinajstić information content (AvgIpc) is 3.51. The monoisotopic (exact) mass is 632 g/mol. The Balaban J connectivity index is 1.32. The number of rotatable bonds is 6. The molecule has 43 heavy (non-hydrogen) atoms. The van der Waals surface area contributed by atoms with Gasteiger partial charge in [-0.2, -0.15) is 0 Å². The van der Waals surface area contributed by atoms with Gasteiger partial charge in [-0.3, -0.25) is 19.2 Å². The van der Waals surface area contributed by atoms with E-state index in [1.807, 2.05) is 42.5 Å². The summed E-state index contributed by atoms with van der Waals surface area (Å²) in [5.41, 5.74) is 1.77. The molecule has 3 heterocycles. The van der Waals surface area contributed by atoms with Crippen LogP contribution in [0.4, 0.5) is 5.69 Å². The lowest BCUT2D eigenvalue weighted by atomic mass is 9.85. The van der Waals surface area contributed by atoms with Gasteiger partial charge < -0.3 is 9.64 Å². The molecule has 0 aliphatic carbocycles. The molecule has 7 rings (SSSR count). The highest BCUT2D eigenvalue weighted by atomic mass is 79.9. The Morgan fingerprint density at radius 1 is 0.791 bits per heavy atom. The van der Waals surface area contributed by atoms with Crippen LogP contribution < -0.4 is 9.64 Å². The van der Waals surface area contributed by atoms with Gasteiger partial charge in [0, 0.05) is 22.9 Å². The van der Waals surface area contributed by atoms with Gasteiger partial charge in [-0.1, -0.05) is 66.7 Å². The largest absolute Gasteiger partial charge is 0.496 e. The third kappa shape index (κ3) is 4.32. The molecule has 4 atom stereocenters. The minimum absolute atomic E-state index is 0.190. The van der Waals surface area contributed by atoms with Gasteiger partial charge >= 0.3 is 0 Å². The number of carbonyl (C=O) groups excluding carboxylic acids is 4. The first-order chi connectivity index (χ1) is 20.9. The van der Waals surface area contributed by atoms with E-state index in [4.69, 9.17) is 4.74 Å². The van der Waals surface area contributed by atoms with Crippen LogP contribution in [-0.4, -0.2) is 47.5 Å². The standard InChI is InChI=1S/C35H25BrN2O5/c1-43-28-14-12-23(18-26(28)36)33(40)31-30-29(27-19-24(15-16-37(27)31)32(39)21-8-3-2-4-9-21)34(41)38(35(30)42)25-13-11-20-7-5-6-10-22(20)17-25/h2-19,27,29-31H,1H3/t27-,29+,30+,31-/m0/s1. The number of anilines is 1. The summed E-state index contributed by atoms with van der Waals surface area (Å²) in [5, 5.41) is 1.88. The van der Waals surface area contributed by atoms with Gasteiger partial charge in [0.25, 0.3) is 0 Å². The number of Topliss-reactive ketones (excluding diaryl/α,β-unsaturated/α-hetero) is 2. The number of nitrogens with zero attached hydrogens (tertiary/aromatic N) is 2. The number of carbonyl (C=O) groups is 4. The van der Waals surface area contributed by atoms with Crippen LogP contribution in [0, 0.1) is 11.8 Å². The highest BCUT2D eigenvalue weighted by Gasteiger charge is 2.63. The summed E-state index contributed by atoms with van der Waals surface area (Å²) < 4.78 is 5.93. The van der Waals surface area contributed by atoms with Gasteiger partial charge in [0.15, 0.2) is 11.6 Å². The summed E-state index contributed by atoms with van der Waals surface area (Å²) in [7, 11) is 1.54. The second-order valence-electron chi connectivity index (χ2n) is 10.8. The number of ketones is 2. The maximum absolute atomic E-state index is 14.2. The molecule has 0 saturated carbocycles. The maximum atomic E-state index is 14.2. The predicted octanol–water partition coefficient (Wildman–Crippen LogP) is 5.99. The highest BCUT2D eigenvalue weighted by molar-refractivity contribution is 9.10. The van der Waals surface area contributed by atoms with Crippen molar-refractivity contribution in [2.45, 2.75) is 12.1 Å². The number of halogens is 1. The summed E-state index contributed by atoms with van der Waals surface area (Å²) >= 11 is 3.46. The second kappa shape index (κ2) is 10.5. The van der Waals surface area contributed by atoms with Gasteiger partial charge in [-0.05, 0) is 63.1 Å². The van der Waals surface area contributed by atoms with E-state index in [-0.39, 0.29) is 17.5 Å². The van der Waals surface area contributed by atoms with E-state index in [1.54, 1.807) is 71.8 Å². The molecular weight excluding hydrogens is 608 g/mol. The van der Waals surface area contributed by atoms with Crippen molar-refractivity contribution < 1.29 is 23.9 Å². The first-order valence-electron chi connectivity index (χ1n) is 13.9. The minimum Gasteiger partial charge on any atom is -0.496 e. The van der Waals surface area contributed by atoms with Crippen LogP contribution in [0.1, 0.15) is 20.7 Å².